The third kappa shape index (κ3) is 2.86. The van der Waals surface area contributed by atoms with Gasteiger partial charge in [0.05, 0.1) is 10.4 Å². The van der Waals surface area contributed by atoms with Crippen molar-refractivity contribution in [3.05, 3.63) is 55.4 Å². The molecule has 0 aliphatic carbocycles. The molecule has 2 aromatic rings. The van der Waals surface area contributed by atoms with E-state index in [1.807, 2.05) is 12.1 Å². The van der Waals surface area contributed by atoms with Crippen LogP contribution in [-0.2, 0) is 0 Å². The van der Waals surface area contributed by atoms with Crippen LogP contribution in [0.15, 0.2) is 34.8 Å². The summed E-state index contributed by atoms with van der Waals surface area (Å²) in [5.74, 6) is 5.26. The largest absolute Gasteiger partial charge is 0.271 e. The fourth-order valence-electron chi connectivity index (χ4n) is 1.54. The molecule has 1 atom stereocenters. The van der Waals surface area contributed by atoms with Gasteiger partial charge in [0.25, 0.3) is 0 Å². The number of nitrogens with two attached hydrogens (primary N) is 1. The Balaban J connectivity index is 2.42. The molecule has 6 heteroatoms. The predicted octanol–water partition coefficient (Wildman–Crippen LogP) is 3.86. The highest BCUT2D eigenvalue weighted by atomic mass is 79.9. The Morgan fingerprint density at radius 1 is 1.35 bits per heavy atom. The van der Waals surface area contributed by atoms with Crippen LogP contribution >= 0.6 is 38.9 Å². The molecular formula is C11H9BrClFN2S. The summed E-state index contributed by atoms with van der Waals surface area (Å²) in [6.07, 6.45) is 0. The molecule has 0 spiro atoms. The Kier molecular flexibility index (Phi) is 4.17. The summed E-state index contributed by atoms with van der Waals surface area (Å²) < 4.78 is 14.4. The maximum absolute atomic E-state index is 13.0. The second-order valence-electron chi connectivity index (χ2n) is 3.41. The molecule has 0 aliphatic rings. The fourth-order valence-corrected chi connectivity index (χ4v) is 3.26. The lowest BCUT2D eigenvalue weighted by molar-refractivity contribution is 0.616. The Hall–Kier alpha value is -0.460. The smallest absolute Gasteiger partial charge is 0.124 e. The summed E-state index contributed by atoms with van der Waals surface area (Å²) in [5, 5.41) is 0. The van der Waals surface area contributed by atoms with Crippen molar-refractivity contribution in [2.75, 3.05) is 0 Å². The quantitative estimate of drug-likeness (QED) is 0.660. The van der Waals surface area contributed by atoms with Crippen LogP contribution in [-0.4, -0.2) is 0 Å². The highest BCUT2D eigenvalue weighted by Gasteiger charge is 2.17. The number of hydrazine groups is 1. The van der Waals surface area contributed by atoms with E-state index in [4.69, 9.17) is 17.4 Å². The third-order valence-corrected chi connectivity index (χ3v) is 4.30. The SMILES string of the molecule is NNC(c1ccc(Cl)s1)c1ccc(F)cc1Br. The van der Waals surface area contributed by atoms with E-state index in [-0.39, 0.29) is 11.9 Å². The molecule has 0 bridgehead atoms. The Bertz CT molecular complexity index is 532. The summed E-state index contributed by atoms with van der Waals surface area (Å²) in [5.41, 5.74) is 3.58. The zero-order valence-electron chi connectivity index (χ0n) is 8.58. The van der Waals surface area contributed by atoms with Crippen molar-refractivity contribution in [3.8, 4) is 0 Å². The number of nitrogens with one attached hydrogen (secondary N) is 1. The first kappa shape index (κ1) is 13.0. The Morgan fingerprint density at radius 2 is 2.12 bits per heavy atom. The lowest BCUT2D eigenvalue weighted by Gasteiger charge is -2.16. The highest BCUT2D eigenvalue weighted by Crippen LogP contribution is 2.33. The van der Waals surface area contributed by atoms with Crippen LogP contribution in [0.2, 0.25) is 4.34 Å². The van der Waals surface area contributed by atoms with E-state index in [1.54, 1.807) is 6.07 Å². The summed E-state index contributed by atoms with van der Waals surface area (Å²) in [6.45, 7) is 0. The third-order valence-electron chi connectivity index (χ3n) is 2.32. The van der Waals surface area contributed by atoms with E-state index >= 15 is 0 Å². The van der Waals surface area contributed by atoms with Gasteiger partial charge in [0, 0.05) is 9.35 Å². The summed E-state index contributed by atoms with van der Waals surface area (Å²) in [6, 6.07) is 8.01. The van der Waals surface area contributed by atoms with Gasteiger partial charge < -0.3 is 0 Å². The number of benzene rings is 1. The minimum absolute atomic E-state index is 0.206. The van der Waals surface area contributed by atoms with E-state index in [2.05, 4.69) is 21.4 Å². The van der Waals surface area contributed by atoms with Crippen molar-refractivity contribution in [1.29, 1.82) is 0 Å². The van der Waals surface area contributed by atoms with Crippen LogP contribution in [0.25, 0.3) is 0 Å². The molecule has 2 nitrogen and oxygen atoms in total. The molecule has 1 unspecified atom stereocenters. The average Bonchev–Trinajstić information content (AvgIpc) is 2.69. The van der Waals surface area contributed by atoms with Crippen LogP contribution in [0, 0.1) is 5.82 Å². The van der Waals surface area contributed by atoms with Gasteiger partial charge in [0.2, 0.25) is 0 Å². The van der Waals surface area contributed by atoms with Crippen molar-refractivity contribution in [2.45, 2.75) is 6.04 Å². The molecule has 17 heavy (non-hydrogen) atoms. The minimum Gasteiger partial charge on any atom is -0.271 e. The standard InChI is InChI=1S/C11H9BrClFN2S/c12-8-5-6(14)1-2-7(8)11(16-15)9-3-4-10(13)17-9/h1-5,11,16H,15H2. The molecule has 1 heterocycles. The van der Waals surface area contributed by atoms with Crippen LogP contribution < -0.4 is 11.3 Å². The predicted molar refractivity (Wildman–Crippen MR) is 72.6 cm³/mol. The number of rotatable bonds is 3. The van der Waals surface area contributed by atoms with Crippen LogP contribution in [0.5, 0.6) is 0 Å². The van der Waals surface area contributed by atoms with E-state index in [1.165, 1.54) is 23.5 Å². The van der Waals surface area contributed by atoms with Gasteiger partial charge in [0.1, 0.15) is 5.82 Å². The average molecular weight is 336 g/mol. The molecule has 90 valence electrons. The number of halogens is 3. The molecule has 0 saturated heterocycles. The van der Waals surface area contributed by atoms with Crippen molar-refractivity contribution in [1.82, 2.24) is 5.43 Å². The monoisotopic (exact) mass is 334 g/mol. The second kappa shape index (κ2) is 5.46. The van der Waals surface area contributed by atoms with Crippen molar-refractivity contribution >= 4 is 38.9 Å². The maximum atomic E-state index is 13.0. The Labute approximate surface area is 116 Å². The van der Waals surface area contributed by atoms with Gasteiger partial charge >= 0.3 is 0 Å². The zero-order chi connectivity index (χ0) is 12.4. The summed E-state index contributed by atoms with van der Waals surface area (Å²) in [4.78, 5) is 0.977. The molecule has 0 saturated carbocycles. The van der Waals surface area contributed by atoms with Crippen LogP contribution in [0.4, 0.5) is 4.39 Å². The molecule has 1 aromatic carbocycles. The first-order chi connectivity index (χ1) is 8.11. The van der Waals surface area contributed by atoms with E-state index < -0.39 is 0 Å². The second-order valence-corrected chi connectivity index (χ2v) is 6.01. The van der Waals surface area contributed by atoms with Gasteiger partial charge in [0.15, 0.2) is 0 Å². The molecular weight excluding hydrogens is 327 g/mol. The zero-order valence-corrected chi connectivity index (χ0v) is 11.7. The normalized spacial score (nSPS) is 12.7. The van der Waals surface area contributed by atoms with Crippen LogP contribution in [0.1, 0.15) is 16.5 Å². The van der Waals surface area contributed by atoms with Gasteiger partial charge in [-0.1, -0.05) is 33.6 Å². The summed E-state index contributed by atoms with van der Waals surface area (Å²) >= 11 is 10.7. The summed E-state index contributed by atoms with van der Waals surface area (Å²) in [7, 11) is 0. The number of hydrogen-bond donors (Lipinski definition) is 2. The molecule has 1 aromatic heterocycles. The van der Waals surface area contributed by atoms with E-state index in [9.17, 15) is 4.39 Å². The highest BCUT2D eigenvalue weighted by molar-refractivity contribution is 9.10. The molecule has 2 rings (SSSR count). The first-order valence-corrected chi connectivity index (χ1v) is 6.77. The molecule has 3 N–H and O–H groups in total. The Morgan fingerprint density at radius 3 is 2.65 bits per heavy atom. The first-order valence-electron chi connectivity index (χ1n) is 4.78. The maximum Gasteiger partial charge on any atom is 0.124 e. The van der Waals surface area contributed by atoms with Gasteiger partial charge in [-0.25, -0.2) is 9.82 Å². The fraction of sp³-hybridized carbons (Fsp3) is 0.0909. The molecule has 0 radical (unpaired) electrons. The van der Waals surface area contributed by atoms with Crippen molar-refractivity contribution in [2.24, 2.45) is 5.84 Å². The molecule has 0 aliphatic heterocycles. The van der Waals surface area contributed by atoms with Crippen molar-refractivity contribution in [3.63, 3.8) is 0 Å². The van der Waals surface area contributed by atoms with Gasteiger partial charge in [-0.2, -0.15) is 0 Å². The van der Waals surface area contributed by atoms with Gasteiger partial charge in [-0.05, 0) is 29.8 Å². The van der Waals surface area contributed by atoms with E-state index in [0.29, 0.717) is 8.81 Å². The van der Waals surface area contributed by atoms with Gasteiger partial charge in [-0.3, -0.25) is 5.84 Å². The van der Waals surface area contributed by atoms with Crippen molar-refractivity contribution < 1.29 is 4.39 Å². The lowest BCUT2D eigenvalue weighted by Crippen LogP contribution is -2.28. The van der Waals surface area contributed by atoms with E-state index in [0.717, 1.165) is 10.4 Å². The van der Waals surface area contributed by atoms with Crippen LogP contribution in [0.3, 0.4) is 0 Å². The molecule has 0 amide bonds. The molecule has 0 fully saturated rings. The topological polar surface area (TPSA) is 38.0 Å². The van der Waals surface area contributed by atoms with Gasteiger partial charge in [-0.15, -0.1) is 11.3 Å². The number of hydrogen-bond acceptors (Lipinski definition) is 3. The lowest BCUT2D eigenvalue weighted by atomic mass is 10.1. The minimum atomic E-state index is -0.291. The number of thiophene rings is 1.